The van der Waals surface area contributed by atoms with Gasteiger partial charge in [0.25, 0.3) is 5.91 Å². The number of carboxylic acids is 1. The summed E-state index contributed by atoms with van der Waals surface area (Å²) in [5, 5.41) is 11.2. The van der Waals surface area contributed by atoms with E-state index in [0.29, 0.717) is 23.9 Å². The van der Waals surface area contributed by atoms with Crippen LogP contribution in [0.2, 0.25) is 0 Å². The molecule has 7 nitrogen and oxygen atoms in total. The number of benzene rings is 1. The zero-order valence-electron chi connectivity index (χ0n) is 16.7. The van der Waals surface area contributed by atoms with E-state index in [0.717, 1.165) is 31.2 Å². The van der Waals surface area contributed by atoms with Crippen molar-refractivity contribution in [2.45, 2.75) is 58.5 Å². The molecule has 0 aromatic heterocycles. The summed E-state index contributed by atoms with van der Waals surface area (Å²) in [6.45, 7) is 5.00. The van der Waals surface area contributed by atoms with Crippen molar-refractivity contribution in [1.29, 1.82) is 0 Å². The van der Waals surface area contributed by atoms with Gasteiger partial charge < -0.3 is 21.1 Å². The molecule has 0 bridgehead atoms. The molecule has 1 fully saturated rings. The molecule has 7 heteroatoms. The lowest BCUT2D eigenvalue weighted by Crippen LogP contribution is -2.45. The standard InChI is InChI=1S/C21H31N3O4/c1-14(2)16-7-9-18(10-8-16)24(21(22)28)13-15-3-5-17(6-4-15)20(27)23-12-11-19(25)26/h3-6,14,16,18H,7-13H2,1-2H3,(H2,22,28)(H,23,27)(H,25,26). The molecule has 28 heavy (non-hydrogen) atoms. The van der Waals surface area contributed by atoms with Crippen molar-refractivity contribution in [3.8, 4) is 0 Å². The first kappa shape index (κ1) is 21.7. The summed E-state index contributed by atoms with van der Waals surface area (Å²) in [5.74, 6) is 0.109. The minimum atomic E-state index is -0.954. The fourth-order valence-corrected chi connectivity index (χ4v) is 3.81. The summed E-state index contributed by atoms with van der Waals surface area (Å²) in [5.41, 5.74) is 7.01. The Morgan fingerprint density at radius 1 is 1.14 bits per heavy atom. The molecule has 2 rings (SSSR count). The number of carboxylic acid groups (broad SMARTS) is 1. The molecule has 154 valence electrons. The van der Waals surface area contributed by atoms with Gasteiger partial charge in [-0.25, -0.2) is 4.79 Å². The first-order valence-corrected chi connectivity index (χ1v) is 9.93. The highest BCUT2D eigenvalue weighted by Gasteiger charge is 2.29. The third kappa shape index (κ3) is 6.25. The maximum atomic E-state index is 12.0. The van der Waals surface area contributed by atoms with Crippen LogP contribution in [0.5, 0.6) is 0 Å². The minimum Gasteiger partial charge on any atom is -0.481 e. The van der Waals surface area contributed by atoms with E-state index in [1.54, 1.807) is 17.0 Å². The monoisotopic (exact) mass is 389 g/mol. The number of nitrogens with two attached hydrogens (primary N) is 1. The van der Waals surface area contributed by atoms with Gasteiger partial charge in [0.05, 0.1) is 6.42 Å². The van der Waals surface area contributed by atoms with E-state index in [-0.39, 0.29) is 24.9 Å². The molecule has 3 amide bonds. The van der Waals surface area contributed by atoms with Crippen molar-refractivity contribution < 1.29 is 19.5 Å². The summed E-state index contributed by atoms with van der Waals surface area (Å²) >= 11 is 0. The summed E-state index contributed by atoms with van der Waals surface area (Å²) in [6, 6.07) is 6.72. The van der Waals surface area contributed by atoms with Gasteiger partial charge in [-0.05, 0) is 55.2 Å². The van der Waals surface area contributed by atoms with E-state index in [2.05, 4.69) is 19.2 Å². The minimum absolute atomic E-state index is 0.0877. The predicted molar refractivity (Wildman–Crippen MR) is 107 cm³/mol. The molecule has 1 aromatic rings. The summed E-state index contributed by atoms with van der Waals surface area (Å²) < 4.78 is 0. The Morgan fingerprint density at radius 2 is 1.75 bits per heavy atom. The highest BCUT2D eigenvalue weighted by atomic mass is 16.4. The number of urea groups is 1. The third-order valence-corrected chi connectivity index (χ3v) is 5.60. The van der Waals surface area contributed by atoms with Crippen molar-refractivity contribution in [3.63, 3.8) is 0 Å². The lowest BCUT2D eigenvalue weighted by Gasteiger charge is -2.37. The maximum absolute atomic E-state index is 12.0. The molecule has 0 spiro atoms. The average molecular weight is 389 g/mol. The lowest BCUT2D eigenvalue weighted by molar-refractivity contribution is -0.136. The molecular weight excluding hydrogens is 358 g/mol. The Kier molecular flexibility index (Phi) is 7.84. The normalized spacial score (nSPS) is 19.2. The van der Waals surface area contributed by atoms with Crippen LogP contribution in [-0.2, 0) is 11.3 Å². The Balaban J connectivity index is 1.94. The van der Waals surface area contributed by atoms with Crippen LogP contribution in [0.4, 0.5) is 4.79 Å². The number of hydrogen-bond acceptors (Lipinski definition) is 3. The molecule has 0 saturated heterocycles. The van der Waals surface area contributed by atoms with Crippen LogP contribution in [0.1, 0.15) is 61.9 Å². The molecule has 1 saturated carbocycles. The third-order valence-electron chi connectivity index (χ3n) is 5.60. The van der Waals surface area contributed by atoms with Crippen molar-refractivity contribution in [3.05, 3.63) is 35.4 Å². The Hall–Kier alpha value is -2.57. The smallest absolute Gasteiger partial charge is 0.315 e. The van der Waals surface area contributed by atoms with Gasteiger partial charge in [-0.2, -0.15) is 0 Å². The van der Waals surface area contributed by atoms with Gasteiger partial charge in [0.15, 0.2) is 0 Å². The zero-order chi connectivity index (χ0) is 20.7. The Labute approximate surface area is 166 Å². The van der Waals surface area contributed by atoms with Crippen LogP contribution in [-0.4, -0.2) is 40.5 Å². The van der Waals surface area contributed by atoms with Crippen molar-refractivity contribution in [2.24, 2.45) is 17.6 Å². The molecule has 0 atom stereocenters. The number of amides is 3. The van der Waals surface area contributed by atoms with Crippen LogP contribution in [0, 0.1) is 11.8 Å². The molecule has 0 heterocycles. The Bertz CT molecular complexity index is 679. The molecular formula is C21H31N3O4. The maximum Gasteiger partial charge on any atom is 0.315 e. The highest BCUT2D eigenvalue weighted by Crippen LogP contribution is 2.32. The SMILES string of the molecule is CC(C)C1CCC(N(Cc2ccc(C(=O)NCCC(=O)O)cc2)C(N)=O)CC1. The van der Waals surface area contributed by atoms with Gasteiger partial charge in [-0.15, -0.1) is 0 Å². The molecule has 0 radical (unpaired) electrons. The number of primary amides is 1. The van der Waals surface area contributed by atoms with E-state index in [1.807, 2.05) is 12.1 Å². The van der Waals surface area contributed by atoms with Crippen LogP contribution in [0.15, 0.2) is 24.3 Å². The Morgan fingerprint density at radius 3 is 2.25 bits per heavy atom. The molecule has 4 N–H and O–H groups in total. The second kappa shape index (κ2) is 10.1. The molecule has 0 aliphatic heterocycles. The molecule has 1 aromatic carbocycles. The van der Waals surface area contributed by atoms with E-state index in [4.69, 9.17) is 10.8 Å². The lowest BCUT2D eigenvalue weighted by atomic mass is 9.79. The topological polar surface area (TPSA) is 113 Å². The van der Waals surface area contributed by atoms with Gasteiger partial charge in [0.2, 0.25) is 0 Å². The van der Waals surface area contributed by atoms with Crippen LogP contribution < -0.4 is 11.1 Å². The number of rotatable bonds is 8. The number of nitrogens with zero attached hydrogens (tertiary/aromatic N) is 1. The van der Waals surface area contributed by atoms with Crippen molar-refractivity contribution in [1.82, 2.24) is 10.2 Å². The van der Waals surface area contributed by atoms with Crippen molar-refractivity contribution in [2.75, 3.05) is 6.54 Å². The second-order valence-corrected chi connectivity index (χ2v) is 7.88. The average Bonchev–Trinajstić information content (AvgIpc) is 2.66. The summed E-state index contributed by atoms with van der Waals surface area (Å²) in [6.07, 6.45) is 4.05. The molecule has 1 aliphatic rings. The van der Waals surface area contributed by atoms with Gasteiger partial charge in [0, 0.05) is 24.7 Å². The number of nitrogens with one attached hydrogen (secondary N) is 1. The largest absolute Gasteiger partial charge is 0.481 e. The summed E-state index contributed by atoms with van der Waals surface area (Å²) in [4.78, 5) is 36.3. The van der Waals surface area contributed by atoms with Gasteiger partial charge >= 0.3 is 12.0 Å². The van der Waals surface area contributed by atoms with Gasteiger partial charge in [0.1, 0.15) is 0 Å². The number of carbonyl (C=O) groups is 3. The fraction of sp³-hybridized carbons (Fsp3) is 0.571. The van der Waals surface area contributed by atoms with Crippen LogP contribution in [0.25, 0.3) is 0 Å². The zero-order valence-corrected chi connectivity index (χ0v) is 16.7. The van der Waals surface area contributed by atoms with E-state index < -0.39 is 12.0 Å². The van der Waals surface area contributed by atoms with Crippen molar-refractivity contribution >= 4 is 17.9 Å². The summed E-state index contributed by atoms with van der Waals surface area (Å²) in [7, 11) is 0. The number of aliphatic carboxylic acids is 1. The van der Waals surface area contributed by atoms with E-state index >= 15 is 0 Å². The second-order valence-electron chi connectivity index (χ2n) is 7.88. The quantitative estimate of drug-likeness (QED) is 0.634. The highest BCUT2D eigenvalue weighted by molar-refractivity contribution is 5.94. The first-order valence-electron chi connectivity index (χ1n) is 9.93. The first-order chi connectivity index (χ1) is 13.3. The number of hydrogen-bond donors (Lipinski definition) is 3. The predicted octanol–water partition coefficient (Wildman–Crippen LogP) is 2.99. The molecule has 1 aliphatic carbocycles. The number of carbonyl (C=O) groups excluding carboxylic acids is 2. The molecule has 0 unspecified atom stereocenters. The van der Waals surface area contributed by atoms with E-state index in [9.17, 15) is 14.4 Å². The fourth-order valence-electron chi connectivity index (χ4n) is 3.81. The van der Waals surface area contributed by atoms with E-state index in [1.165, 1.54) is 0 Å². The van der Waals surface area contributed by atoms with Gasteiger partial charge in [-0.1, -0.05) is 26.0 Å². The van der Waals surface area contributed by atoms with Crippen LogP contribution in [0.3, 0.4) is 0 Å². The van der Waals surface area contributed by atoms with Gasteiger partial charge in [-0.3, -0.25) is 9.59 Å². The van der Waals surface area contributed by atoms with Crippen LogP contribution >= 0.6 is 0 Å².